The number of amides is 2. The number of benzene rings is 2. The maximum atomic E-state index is 13.6. The Kier molecular flexibility index (Phi) is 15.5. The predicted molar refractivity (Wildman–Crippen MR) is 189 cm³/mol. The van der Waals surface area contributed by atoms with Gasteiger partial charge >= 0.3 is 5.97 Å². The normalized spacial score (nSPS) is 19.4. The monoisotopic (exact) mass is 692 g/mol. The van der Waals surface area contributed by atoms with E-state index in [9.17, 15) is 14.4 Å². The molecule has 4 N–H and O–H groups in total. The summed E-state index contributed by atoms with van der Waals surface area (Å²) in [5.41, 5.74) is 2.76. The summed E-state index contributed by atoms with van der Waals surface area (Å²) in [6.45, 7) is 4.59. The number of nitrogens with one attached hydrogen (secondary N) is 2. The van der Waals surface area contributed by atoms with Gasteiger partial charge in [-0.25, -0.2) is 4.79 Å². The summed E-state index contributed by atoms with van der Waals surface area (Å²) in [6.07, 6.45) is 10.8. The zero-order chi connectivity index (χ0) is 35.8. The molecule has 1 fully saturated rings. The molecule has 2 amide bonds. The fraction of sp³-hybridized carbons (Fsp3) is 0.513. The van der Waals surface area contributed by atoms with Crippen LogP contribution < -0.4 is 10.6 Å². The molecule has 0 radical (unpaired) electrons. The number of esters is 1. The molecule has 1 heterocycles. The van der Waals surface area contributed by atoms with Crippen LogP contribution in [0.1, 0.15) is 103 Å². The third kappa shape index (κ3) is 11.2. The SMILES string of the molecule is CCCCCC1(CCCCC)OC2C=C(C(=O)NCc3cccc(C(=O)NCCO)c3)CC(OC(=O)c3ccc(C=COCCO)cc3)C2O1. The van der Waals surface area contributed by atoms with Crippen molar-refractivity contribution in [2.75, 3.05) is 26.4 Å². The molecule has 2 aliphatic rings. The highest BCUT2D eigenvalue weighted by Gasteiger charge is 2.52. The maximum Gasteiger partial charge on any atom is 0.338 e. The third-order valence-electron chi connectivity index (χ3n) is 8.80. The second kappa shape index (κ2) is 20.0. The molecule has 0 bridgehead atoms. The Morgan fingerprint density at radius 3 is 2.32 bits per heavy atom. The molecule has 2 aromatic rings. The molecule has 11 nitrogen and oxygen atoms in total. The molecular weight excluding hydrogens is 640 g/mol. The van der Waals surface area contributed by atoms with Gasteiger partial charge in [-0.1, -0.05) is 63.8 Å². The standard InChI is InChI=1S/C39H52N2O9/c1-3-5-7-17-39(18-8-6-4-2)49-34-26-32(37(45)41-27-29-10-9-11-31(24-29)36(44)40-19-20-42)25-33(35(34)50-39)48-38(46)30-14-12-28(13-15-30)16-22-47-23-21-43/h9-16,22,24,26,33-35,42-43H,3-8,17-21,23,25,27H2,1-2H3,(H,40,44)(H,41,45). The first-order chi connectivity index (χ1) is 24.3. The number of unbranched alkanes of at least 4 members (excludes halogenated alkanes) is 4. The van der Waals surface area contributed by atoms with Gasteiger partial charge in [0.1, 0.15) is 24.9 Å². The molecule has 1 aliphatic heterocycles. The van der Waals surface area contributed by atoms with Gasteiger partial charge in [-0.05, 0) is 60.4 Å². The minimum absolute atomic E-state index is 0.0786. The van der Waals surface area contributed by atoms with Gasteiger partial charge in [0.2, 0.25) is 5.91 Å². The topological polar surface area (TPSA) is 153 Å². The quantitative estimate of drug-likeness (QED) is 0.0834. The minimum Gasteiger partial charge on any atom is -0.499 e. The molecule has 4 rings (SSSR count). The Morgan fingerprint density at radius 2 is 1.64 bits per heavy atom. The smallest absolute Gasteiger partial charge is 0.338 e. The number of aliphatic hydroxyl groups is 2. The third-order valence-corrected chi connectivity index (χ3v) is 8.80. The van der Waals surface area contributed by atoms with E-state index < -0.39 is 30.1 Å². The number of carbonyl (C=O) groups excluding carboxylic acids is 3. The van der Waals surface area contributed by atoms with Crippen molar-refractivity contribution in [2.24, 2.45) is 0 Å². The number of ether oxygens (including phenoxy) is 4. The molecule has 3 atom stereocenters. The second-order valence-corrected chi connectivity index (χ2v) is 12.7. The van der Waals surface area contributed by atoms with Crippen molar-refractivity contribution in [3.8, 4) is 0 Å². The number of carbonyl (C=O) groups is 3. The van der Waals surface area contributed by atoms with E-state index in [2.05, 4.69) is 24.5 Å². The molecule has 1 aliphatic carbocycles. The molecule has 3 unspecified atom stereocenters. The Balaban J connectivity index is 1.52. The highest BCUT2D eigenvalue weighted by molar-refractivity contribution is 5.95. The molecule has 1 saturated heterocycles. The summed E-state index contributed by atoms with van der Waals surface area (Å²) >= 11 is 0. The van der Waals surface area contributed by atoms with Crippen LogP contribution in [0.5, 0.6) is 0 Å². The van der Waals surface area contributed by atoms with E-state index in [0.717, 1.165) is 49.7 Å². The first kappa shape index (κ1) is 38.8. The average Bonchev–Trinajstić information content (AvgIpc) is 3.50. The van der Waals surface area contributed by atoms with E-state index >= 15 is 0 Å². The Bertz CT molecular complexity index is 1450. The van der Waals surface area contributed by atoms with Gasteiger partial charge in [0, 0.05) is 43.5 Å². The zero-order valence-corrected chi connectivity index (χ0v) is 29.2. The minimum atomic E-state index is -0.824. The summed E-state index contributed by atoms with van der Waals surface area (Å²) in [5.74, 6) is -1.99. The molecule has 272 valence electrons. The van der Waals surface area contributed by atoms with Gasteiger partial charge in [0.05, 0.1) is 25.0 Å². The van der Waals surface area contributed by atoms with E-state index in [4.69, 9.17) is 29.2 Å². The van der Waals surface area contributed by atoms with Crippen LogP contribution in [0.4, 0.5) is 0 Å². The largest absolute Gasteiger partial charge is 0.499 e. The van der Waals surface area contributed by atoms with Crippen LogP contribution in [0, 0.1) is 0 Å². The lowest BCUT2D eigenvalue weighted by atomic mass is 9.91. The average molecular weight is 693 g/mol. The van der Waals surface area contributed by atoms with E-state index in [1.54, 1.807) is 48.5 Å². The van der Waals surface area contributed by atoms with Crippen molar-refractivity contribution in [3.05, 3.63) is 88.7 Å². The van der Waals surface area contributed by atoms with E-state index in [1.165, 1.54) is 6.26 Å². The van der Waals surface area contributed by atoms with E-state index in [1.807, 2.05) is 12.1 Å². The molecular formula is C39H52N2O9. The second-order valence-electron chi connectivity index (χ2n) is 12.7. The zero-order valence-electron chi connectivity index (χ0n) is 29.2. The van der Waals surface area contributed by atoms with Gasteiger partial charge in [0.25, 0.3) is 5.91 Å². The number of aliphatic hydroxyl groups excluding tert-OH is 2. The van der Waals surface area contributed by atoms with Gasteiger partial charge in [-0.3, -0.25) is 9.59 Å². The summed E-state index contributed by atoms with van der Waals surface area (Å²) < 4.78 is 24.7. The van der Waals surface area contributed by atoms with Crippen molar-refractivity contribution < 1.29 is 43.5 Å². The molecule has 11 heteroatoms. The molecule has 50 heavy (non-hydrogen) atoms. The Morgan fingerprint density at radius 1 is 0.900 bits per heavy atom. The fourth-order valence-electron chi connectivity index (χ4n) is 6.17. The summed E-state index contributed by atoms with van der Waals surface area (Å²) in [4.78, 5) is 39.5. The fourth-order valence-corrected chi connectivity index (χ4v) is 6.17. The van der Waals surface area contributed by atoms with Gasteiger partial charge in [-0.15, -0.1) is 0 Å². The van der Waals surface area contributed by atoms with Crippen molar-refractivity contribution >= 4 is 23.9 Å². The Labute approximate surface area is 295 Å². The summed E-state index contributed by atoms with van der Waals surface area (Å²) in [6, 6.07) is 13.8. The summed E-state index contributed by atoms with van der Waals surface area (Å²) in [7, 11) is 0. The first-order valence-corrected chi connectivity index (χ1v) is 17.8. The molecule has 0 aromatic heterocycles. The first-order valence-electron chi connectivity index (χ1n) is 17.8. The van der Waals surface area contributed by atoms with Crippen LogP contribution >= 0.6 is 0 Å². The lowest BCUT2D eigenvalue weighted by Gasteiger charge is -2.31. The van der Waals surface area contributed by atoms with Crippen molar-refractivity contribution in [1.29, 1.82) is 0 Å². The highest BCUT2D eigenvalue weighted by Crippen LogP contribution is 2.43. The lowest BCUT2D eigenvalue weighted by Crippen LogP contribution is -2.43. The summed E-state index contributed by atoms with van der Waals surface area (Å²) in [5, 5.41) is 23.5. The number of hydrogen-bond donors (Lipinski definition) is 4. The van der Waals surface area contributed by atoms with Crippen LogP contribution in [0.15, 0.2) is 66.4 Å². The van der Waals surface area contributed by atoms with Crippen LogP contribution in [-0.2, 0) is 30.3 Å². The van der Waals surface area contributed by atoms with Crippen molar-refractivity contribution in [2.45, 2.75) is 102 Å². The van der Waals surface area contributed by atoms with Crippen LogP contribution in [0.2, 0.25) is 0 Å². The van der Waals surface area contributed by atoms with Crippen molar-refractivity contribution in [3.63, 3.8) is 0 Å². The van der Waals surface area contributed by atoms with E-state index in [-0.39, 0.29) is 51.1 Å². The van der Waals surface area contributed by atoms with Gasteiger partial charge < -0.3 is 39.8 Å². The Hall–Kier alpha value is -4.03. The lowest BCUT2D eigenvalue weighted by molar-refractivity contribution is -0.190. The van der Waals surface area contributed by atoms with Crippen LogP contribution in [-0.4, -0.2) is 78.5 Å². The molecule has 0 spiro atoms. The number of hydrogen-bond acceptors (Lipinski definition) is 9. The highest BCUT2D eigenvalue weighted by atomic mass is 16.8. The van der Waals surface area contributed by atoms with Gasteiger partial charge in [0.15, 0.2) is 5.79 Å². The van der Waals surface area contributed by atoms with E-state index in [0.29, 0.717) is 29.5 Å². The number of fused-ring (bicyclic) bond motifs is 1. The molecule has 2 aromatic carbocycles. The van der Waals surface area contributed by atoms with Crippen LogP contribution in [0.25, 0.3) is 6.08 Å². The van der Waals surface area contributed by atoms with Crippen molar-refractivity contribution in [1.82, 2.24) is 10.6 Å². The molecule has 0 saturated carbocycles. The predicted octanol–water partition coefficient (Wildman–Crippen LogP) is 5.20. The maximum absolute atomic E-state index is 13.6. The van der Waals surface area contributed by atoms with Gasteiger partial charge in [-0.2, -0.15) is 0 Å². The van der Waals surface area contributed by atoms with Crippen LogP contribution in [0.3, 0.4) is 0 Å². The number of rotatable bonds is 20.